The average Bonchev–Trinajstić information content (AvgIpc) is 3.36. The van der Waals surface area contributed by atoms with Gasteiger partial charge in [0.1, 0.15) is 5.70 Å². The van der Waals surface area contributed by atoms with E-state index in [2.05, 4.69) is 10.4 Å². The van der Waals surface area contributed by atoms with Gasteiger partial charge in [-0.1, -0.05) is 60.7 Å². The molecule has 0 bridgehead atoms. The molecule has 0 spiro atoms. The molecule has 0 saturated carbocycles. The van der Waals surface area contributed by atoms with Crippen LogP contribution in [0.15, 0.2) is 95.4 Å². The van der Waals surface area contributed by atoms with E-state index < -0.39 is 29.2 Å². The van der Waals surface area contributed by atoms with E-state index >= 15 is 0 Å². The van der Waals surface area contributed by atoms with Crippen LogP contribution in [0.25, 0.3) is 23.0 Å². The number of carbonyl (C=O) groups is 2. The van der Waals surface area contributed by atoms with Gasteiger partial charge in [-0.15, -0.1) is 0 Å². The highest BCUT2D eigenvalue weighted by Crippen LogP contribution is 2.29. The summed E-state index contributed by atoms with van der Waals surface area (Å²) in [6.07, 6.45) is -3.18. The quantitative estimate of drug-likeness (QED) is 0.298. The molecule has 37 heavy (non-hydrogen) atoms. The van der Waals surface area contributed by atoms with Crippen molar-refractivity contribution in [3.8, 4) is 16.9 Å². The minimum absolute atomic E-state index is 0.120. The summed E-state index contributed by atoms with van der Waals surface area (Å²) in [5, 5.41) is 5.55. The number of aromatic nitrogens is 2. The number of aromatic amines is 1. The lowest BCUT2D eigenvalue weighted by Gasteiger charge is -2.13. The molecule has 0 unspecified atom stereocenters. The van der Waals surface area contributed by atoms with Gasteiger partial charge in [0.25, 0.3) is 11.5 Å². The first-order valence-electron chi connectivity index (χ1n) is 11.2. The number of rotatable bonds is 5. The molecule has 0 radical (unpaired) electrons. The second-order valence-electron chi connectivity index (χ2n) is 8.32. The Morgan fingerprint density at radius 3 is 2.05 bits per heavy atom. The van der Waals surface area contributed by atoms with Gasteiger partial charge in [-0.05, 0) is 35.9 Å². The Morgan fingerprint density at radius 1 is 0.811 bits per heavy atom. The fraction of sp³-hybridized carbons (Fsp3) is 0.0741. The number of hydrogen-bond acceptors (Lipinski definition) is 3. The van der Waals surface area contributed by atoms with E-state index in [1.54, 1.807) is 48.5 Å². The summed E-state index contributed by atoms with van der Waals surface area (Å²) in [6, 6.07) is 21.4. The van der Waals surface area contributed by atoms with Crippen molar-refractivity contribution in [1.82, 2.24) is 20.0 Å². The largest absolute Gasteiger partial charge is 0.416 e. The predicted molar refractivity (Wildman–Crippen MR) is 130 cm³/mol. The highest BCUT2D eigenvalue weighted by Gasteiger charge is 2.35. The number of nitrogens with zero attached hydrogens (tertiary/aromatic N) is 2. The van der Waals surface area contributed by atoms with Crippen molar-refractivity contribution < 1.29 is 22.8 Å². The zero-order chi connectivity index (χ0) is 26.2. The van der Waals surface area contributed by atoms with Crippen LogP contribution in [0.3, 0.4) is 0 Å². The maximum absolute atomic E-state index is 13.4. The van der Waals surface area contributed by atoms with Gasteiger partial charge in [0, 0.05) is 5.56 Å². The van der Waals surface area contributed by atoms with Crippen LogP contribution < -0.4 is 10.9 Å². The van der Waals surface area contributed by atoms with Crippen LogP contribution in [0.2, 0.25) is 0 Å². The molecule has 2 N–H and O–H groups in total. The van der Waals surface area contributed by atoms with Crippen LogP contribution in [-0.2, 0) is 17.5 Å². The van der Waals surface area contributed by atoms with E-state index in [1.165, 1.54) is 22.9 Å². The Morgan fingerprint density at radius 2 is 1.43 bits per heavy atom. The fourth-order valence-electron chi connectivity index (χ4n) is 4.01. The molecule has 186 valence electrons. The minimum Gasteiger partial charge on any atom is -0.303 e. The highest BCUT2D eigenvalue weighted by molar-refractivity contribution is 6.14. The molecule has 1 saturated heterocycles. The second kappa shape index (κ2) is 9.30. The topological polar surface area (TPSA) is 87.2 Å². The van der Waals surface area contributed by atoms with Crippen LogP contribution in [-0.4, -0.2) is 26.6 Å². The number of amides is 3. The van der Waals surface area contributed by atoms with Crippen molar-refractivity contribution >= 4 is 18.0 Å². The van der Waals surface area contributed by atoms with E-state index in [0.29, 0.717) is 22.5 Å². The third-order valence-electron chi connectivity index (χ3n) is 5.88. The third kappa shape index (κ3) is 4.68. The van der Waals surface area contributed by atoms with Crippen molar-refractivity contribution in [3.05, 3.63) is 118 Å². The van der Waals surface area contributed by atoms with Gasteiger partial charge >= 0.3 is 12.2 Å². The van der Waals surface area contributed by atoms with Crippen LogP contribution in [0.1, 0.15) is 16.7 Å². The standard InChI is InChI=1S/C27H19F3N4O3/c28-27(29,30)19-13-11-17(12-14-19)16-33-25(36)22(31-26(33)37)15-21-23(18-7-3-1-4-8-18)32-34(24(21)35)20-9-5-2-6-10-20/h1-15,32H,16H2,(H,31,37)/b22-15-. The van der Waals surface area contributed by atoms with Crippen LogP contribution in [0.5, 0.6) is 0 Å². The molecule has 1 aliphatic rings. The van der Waals surface area contributed by atoms with Gasteiger partial charge in [-0.3, -0.25) is 19.6 Å². The molecule has 1 aromatic heterocycles. The van der Waals surface area contributed by atoms with E-state index in [9.17, 15) is 27.6 Å². The first kappa shape index (κ1) is 23.9. The Kier molecular flexibility index (Phi) is 6.00. The first-order chi connectivity index (χ1) is 17.7. The number of nitrogens with one attached hydrogen (secondary N) is 2. The number of hydrogen-bond donors (Lipinski definition) is 2. The van der Waals surface area contributed by atoms with Gasteiger partial charge < -0.3 is 5.32 Å². The molecule has 1 aliphatic heterocycles. The molecule has 1 fully saturated rings. The van der Waals surface area contributed by atoms with E-state index in [-0.39, 0.29) is 17.8 Å². The summed E-state index contributed by atoms with van der Waals surface area (Å²) in [6.45, 7) is -0.229. The van der Waals surface area contributed by atoms with Gasteiger partial charge in [0.2, 0.25) is 0 Å². The molecule has 0 atom stereocenters. The number of halogens is 3. The normalized spacial score (nSPS) is 14.9. The van der Waals surface area contributed by atoms with Crippen molar-refractivity contribution in [3.63, 3.8) is 0 Å². The number of urea groups is 1. The molecule has 7 nitrogen and oxygen atoms in total. The molecular formula is C27H19F3N4O3. The van der Waals surface area contributed by atoms with Crippen LogP contribution in [0, 0.1) is 0 Å². The predicted octanol–water partition coefficient (Wildman–Crippen LogP) is 4.94. The smallest absolute Gasteiger partial charge is 0.303 e. The van der Waals surface area contributed by atoms with Crippen molar-refractivity contribution in [2.24, 2.45) is 0 Å². The zero-order valence-electron chi connectivity index (χ0n) is 19.1. The van der Waals surface area contributed by atoms with Gasteiger partial charge in [-0.2, -0.15) is 13.2 Å². The van der Waals surface area contributed by atoms with E-state index in [4.69, 9.17) is 0 Å². The number of para-hydroxylation sites is 1. The number of alkyl halides is 3. The molecule has 0 aliphatic carbocycles. The van der Waals surface area contributed by atoms with Gasteiger partial charge in [0.15, 0.2) is 0 Å². The van der Waals surface area contributed by atoms with E-state index in [1.807, 2.05) is 12.1 Å². The SMILES string of the molecule is O=C1N/C(=C\c2c(-c3ccccc3)[nH]n(-c3ccccc3)c2=O)C(=O)N1Cc1ccc(C(F)(F)F)cc1. The number of benzene rings is 3. The minimum atomic E-state index is -4.49. The second-order valence-corrected chi connectivity index (χ2v) is 8.32. The summed E-state index contributed by atoms with van der Waals surface area (Å²) < 4.78 is 39.9. The molecule has 2 heterocycles. The highest BCUT2D eigenvalue weighted by atomic mass is 19.4. The molecule has 3 amide bonds. The van der Waals surface area contributed by atoms with Crippen molar-refractivity contribution in [2.75, 3.05) is 0 Å². The van der Waals surface area contributed by atoms with E-state index in [0.717, 1.165) is 17.0 Å². The lowest BCUT2D eigenvalue weighted by molar-refractivity contribution is -0.137. The van der Waals surface area contributed by atoms with Crippen molar-refractivity contribution in [1.29, 1.82) is 0 Å². The van der Waals surface area contributed by atoms with Crippen LogP contribution >= 0.6 is 0 Å². The molecule has 5 rings (SSSR count). The molecule has 10 heteroatoms. The summed E-state index contributed by atoms with van der Waals surface area (Å²) in [7, 11) is 0. The maximum atomic E-state index is 13.4. The lowest BCUT2D eigenvalue weighted by atomic mass is 10.1. The molecule has 4 aromatic rings. The Labute approximate surface area is 208 Å². The van der Waals surface area contributed by atoms with Gasteiger partial charge in [0.05, 0.1) is 29.1 Å². The summed E-state index contributed by atoms with van der Waals surface area (Å²) in [4.78, 5) is 39.9. The zero-order valence-corrected chi connectivity index (χ0v) is 19.1. The van der Waals surface area contributed by atoms with Gasteiger partial charge in [-0.25, -0.2) is 9.48 Å². The average molecular weight is 504 g/mol. The van der Waals surface area contributed by atoms with Crippen molar-refractivity contribution in [2.45, 2.75) is 12.7 Å². The maximum Gasteiger partial charge on any atom is 0.416 e. The number of carbonyl (C=O) groups excluding carboxylic acids is 2. The Balaban J connectivity index is 1.50. The fourth-order valence-corrected chi connectivity index (χ4v) is 4.01. The summed E-state index contributed by atoms with van der Waals surface area (Å²) >= 11 is 0. The van der Waals surface area contributed by atoms with Crippen LogP contribution in [0.4, 0.5) is 18.0 Å². The number of imide groups is 1. The third-order valence-corrected chi connectivity index (χ3v) is 5.88. The summed E-state index contributed by atoms with van der Waals surface area (Å²) in [5.74, 6) is -0.698. The Bertz CT molecular complexity index is 1550. The number of H-pyrrole nitrogens is 1. The lowest BCUT2D eigenvalue weighted by Crippen LogP contribution is -2.30. The first-order valence-corrected chi connectivity index (χ1v) is 11.2. The summed E-state index contributed by atoms with van der Waals surface area (Å²) in [5.41, 5.74) is 0.853. The molecular weight excluding hydrogens is 485 g/mol. The monoisotopic (exact) mass is 504 g/mol. The Hall–Kier alpha value is -4.86. The molecule has 3 aromatic carbocycles.